The maximum atomic E-state index is 12.5. The molecular formula is C18H16ClNO3. The van der Waals surface area contributed by atoms with Crippen molar-refractivity contribution in [1.82, 2.24) is 5.16 Å². The Kier molecular flexibility index (Phi) is 4.09. The zero-order chi connectivity index (χ0) is 16.6. The third kappa shape index (κ3) is 2.82. The summed E-state index contributed by atoms with van der Waals surface area (Å²) in [6.07, 6.45) is 0. The zero-order valence-electron chi connectivity index (χ0n) is 13.1. The third-order valence-corrected chi connectivity index (χ3v) is 4.25. The Bertz CT molecular complexity index is 866. The molecule has 1 aromatic heterocycles. The number of fused-ring (bicyclic) bond motifs is 1. The van der Waals surface area contributed by atoms with Crippen LogP contribution >= 0.6 is 11.6 Å². The smallest absolute Gasteiger partial charge is 0.318 e. The number of carbonyl (C=O) groups is 1. The van der Waals surface area contributed by atoms with Gasteiger partial charge in [0.25, 0.3) is 0 Å². The summed E-state index contributed by atoms with van der Waals surface area (Å²) in [5, 5.41) is 6.17. The maximum absolute atomic E-state index is 12.5. The lowest BCUT2D eigenvalue weighted by Crippen LogP contribution is -2.17. The average molecular weight is 330 g/mol. The van der Waals surface area contributed by atoms with E-state index in [9.17, 15) is 4.79 Å². The minimum absolute atomic E-state index is 0.355. The van der Waals surface area contributed by atoms with E-state index in [0.29, 0.717) is 22.2 Å². The van der Waals surface area contributed by atoms with Crippen molar-refractivity contribution in [1.29, 1.82) is 0 Å². The Morgan fingerprint density at radius 1 is 1.17 bits per heavy atom. The van der Waals surface area contributed by atoms with Crippen LogP contribution in [-0.4, -0.2) is 11.1 Å². The van der Waals surface area contributed by atoms with Crippen molar-refractivity contribution in [3.8, 4) is 5.75 Å². The lowest BCUT2D eigenvalue weighted by molar-refractivity contribution is -0.135. The van der Waals surface area contributed by atoms with Crippen LogP contribution in [-0.2, 0) is 4.79 Å². The van der Waals surface area contributed by atoms with Crippen LogP contribution in [0.5, 0.6) is 5.75 Å². The highest BCUT2D eigenvalue weighted by molar-refractivity contribution is 6.35. The molecule has 0 aliphatic heterocycles. The number of carbonyl (C=O) groups excluding carboxylic acids is 1. The second-order valence-electron chi connectivity index (χ2n) is 5.47. The third-order valence-electron chi connectivity index (χ3n) is 3.92. The molecule has 2 aromatic carbocycles. The van der Waals surface area contributed by atoms with E-state index in [2.05, 4.69) is 5.16 Å². The van der Waals surface area contributed by atoms with E-state index in [-0.39, 0.29) is 5.97 Å². The topological polar surface area (TPSA) is 52.3 Å². The van der Waals surface area contributed by atoms with E-state index in [4.69, 9.17) is 20.9 Å². The van der Waals surface area contributed by atoms with Crippen molar-refractivity contribution in [2.45, 2.75) is 26.7 Å². The van der Waals surface area contributed by atoms with Gasteiger partial charge in [-0.25, -0.2) is 0 Å². The lowest BCUT2D eigenvalue weighted by atomic mass is 10.00. The van der Waals surface area contributed by atoms with Crippen LogP contribution in [0.4, 0.5) is 0 Å². The first kappa shape index (κ1) is 15.6. The molecule has 0 aliphatic rings. The molecule has 0 fully saturated rings. The Morgan fingerprint density at radius 2 is 1.87 bits per heavy atom. The fourth-order valence-electron chi connectivity index (χ4n) is 2.75. The first-order valence-electron chi connectivity index (χ1n) is 7.30. The van der Waals surface area contributed by atoms with E-state index < -0.39 is 5.92 Å². The minimum Gasteiger partial charge on any atom is -0.425 e. The molecular weight excluding hydrogens is 314 g/mol. The molecule has 0 radical (unpaired) electrons. The van der Waals surface area contributed by atoms with Gasteiger partial charge < -0.3 is 9.26 Å². The summed E-state index contributed by atoms with van der Waals surface area (Å²) >= 11 is 6.19. The molecule has 4 nitrogen and oxygen atoms in total. The zero-order valence-corrected chi connectivity index (χ0v) is 13.8. The summed E-state index contributed by atoms with van der Waals surface area (Å²) in [6.45, 7) is 5.39. The molecule has 0 saturated carbocycles. The molecule has 1 atom stereocenters. The molecule has 118 valence electrons. The van der Waals surface area contributed by atoms with Crippen molar-refractivity contribution in [3.63, 3.8) is 0 Å². The van der Waals surface area contributed by atoms with Gasteiger partial charge in [0.05, 0.1) is 11.6 Å². The second kappa shape index (κ2) is 6.05. The van der Waals surface area contributed by atoms with E-state index in [0.717, 1.165) is 16.3 Å². The molecule has 0 N–H and O–H groups in total. The molecule has 1 unspecified atom stereocenters. The van der Waals surface area contributed by atoms with Gasteiger partial charge in [0, 0.05) is 21.4 Å². The lowest BCUT2D eigenvalue weighted by Gasteiger charge is -2.13. The van der Waals surface area contributed by atoms with Crippen LogP contribution in [0.3, 0.4) is 0 Å². The largest absolute Gasteiger partial charge is 0.425 e. The monoisotopic (exact) mass is 329 g/mol. The van der Waals surface area contributed by atoms with Crippen molar-refractivity contribution < 1.29 is 14.1 Å². The first-order valence-corrected chi connectivity index (χ1v) is 7.68. The van der Waals surface area contributed by atoms with E-state index in [1.807, 2.05) is 31.2 Å². The number of rotatable bonds is 3. The summed E-state index contributed by atoms with van der Waals surface area (Å²) in [5.74, 6) is 0.309. The Morgan fingerprint density at radius 3 is 2.52 bits per heavy atom. The van der Waals surface area contributed by atoms with E-state index in [1.165, 1.54) is 0 Å². The number of nitrogens with zero attached hydrogens (tertiary/aromatic N) is 1. The highest BCUT2D eigenvalue weighted by Crippen LogP contribution is 2.33. The number of hydrogen-bond acceptors (Lipinski definition) is 4. The van der Waals surface area contributed by atoms with Crippen LogP contribution in [0, 0.1) is 13.8 Å². The van der Waals surface area contributed by atoms with Crippen molar-refractivity contribution >= 4 is 28.3 Å². The Balaban J connectivity index is 1.93. The highest BCUT2D eigenvalue weighted by atomic mass is 35.5. The van der Waals surface area contributed by atoms with E-state index in [1.54, 1.807) is 26.0 Å². The normalized spacial score (nSPS) is 12.3. The van der Waals surface area contributed by atoms with Crippen molar-refractivity contribution in [2.24, 2.45) is 0 Å². The number of aromatic nitrogens is 1. The number of esters is 1. The SMILES string of the molecule is Cc1noc(C)c1C(C)C(=O)Oc1ccc(Cl)c2ccccc12. The van der Waals surface area contributed by atoms with Crippen LogP contribution < -0.4 is 4.74 Å². The van der Waals surface area contributed by atoms with Crippen molar-refractivity contribution in [2.75, 3.05) is 0 Å². The van der Waals surface area contributed by atoms with E-state index >= 15 is 0 Å². The molecule has 23 heavy (non-hydrogen) atoms. The van der Waals surface area contributed by atoms with Crippen LogP contribution in [0.15, 0.2) is 40.9 Å². The summed E-state index contributed by atoms with van der Waals surface area (Å²) in [7, 11) is 0. The molecule has 3 aromatic rings. The fraction of sp³-hybridized carbons (Fsp3) is 0.222. The Hall–Kier alpha value is -2.33. The summed E-state index contributed by atoms with van der Waals surface area (Å²) < 4.78 is 10.7. The predicted octanol–water partition coefficient (Wildman–Crippen LogP) is 4.81. The average Bonchev–Trinajstić information content (AvgIpc) is 2.88. The molecule has 3 rings (SSSR count). The number of halogens is 1. The van der Waals surface area contributed by atoms with Gasteiger partial charge in [-0.3, -0.25) is 4.79 Å². The van der Waals surface area contributed by atoms with Gasteiger partial charge in [0.2, 0.25) is 0 Å². The molecule has 0 amide bonds. The fourth-order valence-corrected chi connectivity index (χ4v) is 2.97. The summed E-state index contributed by atoms with van der Waals surface area (Å²) in [5.41, 5.74) is 1.47. The predicted molar refractivity (Wildman–Crippen MR) is 89.0 cm³/mol. The van der Waals surface area contributed by atoms with Crippen molar-refractivity contribution in [3.05, 3.63) is 58.4 Å². The van der Waals surface area contributed by atoms with Crippen LogP contribution in [0.1, 0.15) is 29.9 Å². The molecule has 0 saturated heterocycles. The quantitative estimate of drug-likeness (QED) is 0.511. The number of hydrogen-bond donors (Lipinski definition) is 0. The van der Waals surface area contributed by atoms with Gasteiger partial charge in [-0.05, 0) is 32.9 Å². The summed E-state index contributed by atoms with van der Waals surface area (Å²) in [6, 6.07) is 11.0. The van der Waals surface area contributed by atoms with Gasteiger partial charge in [-0.2, -0.15) is 0 Å². The molecule has 1 heterocycles. The van der Waals surface area contributed by atoms with Gasteiger partial charge in [-0.15, -0.1) is 0 Å². The number of ether oxygens (including phenoxy) is 1. The Labute approximate surface area is 139 Å². The first-order chi connectivity index (χ1) is 11.0. The molecule has 0 spiro atoms. The number of aryl methyl sites for hydroxylation is 2. The van der Waals surface area contributed by atoms with Gasteiger partial charge in [0.1, 0.15) is 11.5 Å². The number of benzene rings is 2. The molecule has 0 bridgehead atoms. The van der Waals surface area contributed by atoms with Crippen LogP contribution in [0.25, 0.3) is 10.8 Å². The van der Waals surface area contributed by atoms with Gasteiger partial charge in [-0.1, -0.05) is 41.0 Å². The highest BCUT2D eigenvalue weighted by Gasteiger charge is 2.25. The standard InChI is InChI=1S/C18H16ClNO3/c1-10(17-11(2)20-23-12(17)3)18(21)22-16-9-8-15(19)13-6-4-5-7-14(13)16/h4-10H,1-3H3. The van der Waals surface area contributed by atoms with Gasteiger partial charge >= 0.3 is 5.97 Å². The van der Waals surface area contributed by atoms with Crippen LogP contribution in [0.2, 0.25) is 5.02 Å². The maximum Gasteiger partial charge on any atom is 0.318 e. The summed E-state index contributed by atoms with van der Waals surface area (Å²) in [4.78, 5) is 12.5. The second-order valence-corrected chi connectivity index (χ2v) is 5.88. The molecule has 0 aliphatic carbocycles. The molecule has 5 heteroatoms. The van der Waals surface area contributed by atoms with Gasteiger partial charge in [0.15, 0.2) is 0 Å². The minimum atomic E-state index is -0.462.